The zero-order valence-corrected chi connectivity index (χ0v) is 11.6. The standard InChI is InChI=1S/C16H19N3O/c1-2-19(12-13-6-8-18-9-7-13)16(20)11-14-4-3-5-15(17)10-14/h3-10H,2,11-12,17H2,1H3. The Morgan fingerprint density at radius 2 is 1.95 bits per heavy atom. The highest BCUT2D eigenvalue weighted by Crippen LogP contribution is 2.10. The summed E-state index contributed by atoms with van der Waals surface area (Å²) < 4.78 is 0. The molecule has 0 unspecified atom stereocenters. The lowest BCUT2D eigenvalue weighted by Gasteiger charge is -2.21. The molecule has 1 heterocycles. The summed E-state index contributed by atoms with van der Waals surface area (Å²) in [6.45, 7) is 3.28. The van der Waals surface area contributed by atoms with Crippen LogP contribution in [0.5, 0.6) is 0 Å². The van der Waals surface area contributed by atoms with Gasteiger partial charge in [0.25, 0.3) is 0 Å². The number of aromatic nitrogens is 1. The second-order valence-corrected chi connectivity index (χ2v) is 4.69. The number of hydrogen-bond donors (Lipinski definition) is 1. The summed E-state index contributed by atoms with van der Waals surface area (Å²) >= 11 is 0. The van der Waals surface area contributed by atoms with Crippen molar-refractivity contribution in [3.05, 3.63) is 59.9 Å². The monoisotopic (exact) mass is 269 g/mol. The molecule has 1 aromatic heterocycles. The molecular weight excluding hydrogens is 250 g/mol. The predicted molar refractivity (Wildman–Crippen MR) is 79.9 cm³/mol. The molecule has 2 N–H and O–H groups in total. The van der Waals surface area contributed by atoms with Gasteiger partial charge in [0.15, 0.2) is 0 Å². The minimum Gasteiger partial charge on any atom is -0.399 e. The zero-order valence-electron chi connectivity index (χ0n) is 11.6. The van der Waals surface area contributed by atoms with Crippen molar-refractivity contribution >= 4 is 11.6 Å². The third-order valence-electron chi connectivity index (χ3n) is 3.16. The summed E-state index contributed by atoms with van der Waals surface area (Å²) in [6.07, 6.45) is 3.86. The van der Waals surface area contributed by atoms with E-state index in [9.17, 15) is 4.79 Å². The van der Waals surface area contributed by atoms with E-state index in [2.05, 4.69) is 4.98 Å². The first-order valence-corrected chi connectivity index (χ1v) is 6.70. The quantitative estimate of drug-likeness (QED) is 0.847. The molecule has 0 saturated heterocycles. The Kier molecular flexibility index (Phi) is 4.71. The van der Waals surface area contributed by atoms with Gasteiger partial charge in [0.2, 0.25) is 5.91 Å². The maximum Gasteiger partial charge on any atom is 0.227 e. The lowest BCUT2D eigenvalue weighted by Crippen LogP contribution is -2.31. The first kappa shape index (κ1) is 14.1. The molecule has 20 heavy (non-hydrogen) atoms. The summed E-state index contributed by atoms with van der Waals surface area (Å²) in [5.74, 6) is 0.106. The molecule has 0 atom stereocenters. The van der Waals surface area contributed by atoms with Crippen molar-refractivity contribution in [1.29, 1.82) is 0 Å². The summed E-state index contributed by atoms with van der Waals surface area (Å²) in [7, 11) is 0. The highest BCUT2D eigenvalue weighted by Gasteiger charge is 2.12. The number of anilines is 1. The SMILES string of the molecule is CCN(Cc1ccncc1)C(=O)Cc1cccc(N)c1. The largest absolute Gasteiger partial charge is 0.399 e. The number of pyridine rings is 1. The van der Waals surface area contributed by atoms with Gasteiger partial charge in [-0.3, -0.25) is 9.78 Å². The van der Waals surface area contributed by atoms with Crippen molar-refractivity contribution in [2.45, 2.75) is 19.9 Å². The van der Waals surface area contributed by atoms with Gasteiger partial charge in [-0.1, -0.05) is 12.1 Å². The number of carbonyl (C=O) groups is 1. The lowest BCUT2D eigenvalue weighted by molar-refractivity contribution is -0.130. The summed E-state index contributed by atoms with van der Waals surface area (Å²) in [5, 5.41) is 0. The Labute approximate surface area is 119 Å². The molecule has 0 spiro atoms. The van der Waals surface area contributed by atoms with Crippen molar-refractivity contribution in [2.24, 2.45) is 0 Å². The van der Waals surface area contributed by atoms with Crippen LogP contribution >= 0.6 is 0 Å². The van der Waals surface area contributed by atoms with E-state index in [0.29, 0.717) is 25.2 Å². The number of likely N-dealkylation sites (N-methyl/N-ethyl adjacent to an activating group) is 1. The topological polar surface area (TPSA) is 59.2 Å². The van der Waals surface area contributed by atoms with E-state index in [1.165, 1.54) is 0 Å². The number of carbonyl (C=O) groups excluding carboxylic acids is 1. The van der Waals surface area contributed by atoms with Crippen LogP contribution in [0.2, 0.25) is 0 Å². The van der Waals surface area contributed by atoms with Gasteiger partial charge in [-0.2, -0.15) is 0 Å². The normalized spacial score (nSPS) is 10.2. The average molecular weight is 269 g/mol. The van der Waals surface area contributed by atoms with Gasteiger partial charge in [0, 0.05) is 31.2 Å². The van der Waals surface area contributed by atoms with Crippen molar-refractivity contribution in [1.82, 2.24) is 9.88 Å². The van der Waals surface area contributed by atoms with Crippen LogP contribution in [0.1, 0.15) is 18.1 Å². The van der Waals surface area contributed by atoms with Crippen molar-refractivity contribution < 1.29 is 4.79 Å². The van der Waals surface area contributed by atoms with E-state index in [1.807, 2.05) is 48.2 Å². The summed E-state index contributed by atoms with van der Waals surface area (Å²) in [4.78, 5) is 18.1. The highest BCUT2D eigenvalue weighted by molar-refractivity contribution is 5.79. The van der Waals surface area contributed by atoms with Gasteiger partial charge in [-0.25, -0.2) is 0 Å². The fourth-order valence-electron chi connectivity index (χ4n) is 2.07. The van der Waals surface area contributed by atoms with Gasteiger partial charge in [0.05, 0.1) is 6.42 Å². The lowest BCUT2D eigenvalue weighted by atomic mass is 10.1. The smallest absolute Gasteiger partial charge is 0.227 e. The molecule has 2 aromatic rings. The van der Waals surface area contributed by atoms with Gasteiger partial charge >= 0.3 is 0 Å². The molecule has 104 valence electrons. The van der Waals surface area contributed by atoms with Gasteiger partial charge in [-0.15, -0.1) is 0 Å². The van der Waals surface area contributed by atoms with Crippen LogP contribution in [0.4, 0.5) is 5.69 Å². The zero-order chi connectivity index (χ0) is 14.4. The Bertz CT molecular complexity index is 569. The number of rotatable bonds is 5. The van der Waals surface area contributed by atoms with Crippen LogP contribution in [-0.4, -0.2) is 22.3 Å². The highest BCUT2D eigenvalue weighted by atomic mass is 16.2. The molecule has 0 saturated carbocycles. The molecule has 0 aliphatic heterocycles. The maximum atomic E-state index is 12.3. The van der Waals surface area contributed by atoms with E-state index in [0.717, 1.165) is 11.1 Å². The molecule has 4 nitrogen and oxygen atoms in total. The Hall–Kier alpha value is -2.36. The molecule has 0 bridgehead atoms. The third-order valence-corrected chi connectivity index (χ3v) is 3.16. The molecule has 0 aliphatic carbocycles. The number of amides is 1. The molecule has 1 aromatic carbocycles. The van der Waals surface area contributed by atoms with Crippen LogP contribution in [0, 0.1) is 0 Å². The fourth-order valence-corrected chi connectivity index (χ4v) is 2.07. The maximum absolute atomic E-state index is 12.3. The van der Waals surface area contributed by atoms with Crippen molar-refractivity contribution in [2.75, 3.05) is 12.3 Å². The van der Waals surface area contributed by atoms with E-state index in [-0.39, 0.29) is 5.91 Å². The number of nitrogen functional groups attached to an aromatic ring is 1. The molecule has 0 aliphatic rings. The molecule has 0 fully saturated rings. The van der Waals surface area contributed by atoms with Crippen LogP contribution in [0.3, 0.4) is 0 Å². The van der Waals surface area contributed by atoms with E-state index in [4.69, 9.17) is 5.73 Å². The third kappa shape index (κ3) is 3.82. The van der Waals surface area contributed by atoms with Crippen LogP contribution < -0.4 is 5.73 Å². The van der Waals surface area contributed by atoms with Crippen LogP contribution in [0.15, 0.2) is 48.8 Å². The first-order chi connectivity index (χ1) is 9.69. The van der Waals surface area contributed by atoms with Crippen LogP contribution in [0.25, 0.3) is 0 Å². The van der Waals surface area contributed by atoms with Gasteiger partial charge < -0.3 is 10.6 Å². The van der Waals surface area contributed by atoms with Gasteiger partial charge in [-0.05, 0) is 42.3 Å². The second kappa shape index (κ2) is 6.70. The second-order valence-electron chi connectivity index (χ2n) is 4.69. The molecule has 1 amide bonds. The average Bonchev–Trinajstić information content (AvgIpc) is 2.45. The number of hydrogen-bond acceptors (Lipinski definition) is 3. The Balaban J connectivity index is 2.02. The molecule has 0 radical (unpaired) electrons. The van der Waals surface area contributed by atoms with E-state index >= 15 is 0 Å². The molecular formula is C16H19N3O. The van der Waals surface area contributed by atoms with E-state index in [1.54, 1.807) is 12.4 Å². The Morgan fingerprint density at radius 1 is 1.20 bits per heavy atom. The summed E-state index contributed by atoms with van der Waals surface area (Å²) in [5.41, 5.74) is 8.46. The van der Waals surface area contributed by atoms with Gasteiger partial charge in [0.1, 0.15) is 0 Å². The number of nitrogens with two attached hydrogens (primary N) is 1. The predicted octanol–water partition coefficient (Wildman–Crippen LogP) is 2.25. The molecule has 2 rings (SSSR count). The summed E-state index contributed by atoms with van der Waals surface area (Å²) in [6, 6.07) is 11.3. The van der Waals surface area contributed by atoms with Crippen molar-refractivity contribution in [3.8, 4) is 0 Å². The number of nitrogens with zero attached hydrogens (tertiary/aromatic N) is 2. The van der Waals surface area contributed by atoms with Crippen molar-refractivity contribution in [3.63, 3.8) is 0 Å². The first-order valence-electron chi connectivity index (χ1n) is 6.70. The van der Waals surface area contributed by atoms with E-state index < -0.39 is 0 Å². The minimum absolute atomic E-state index is 0.106. The molecule has 4 heteroatoms. The number of benzene rings is 1. The van der Waals surface area contributed by atoms with Crippen LogP contribution in [-0.2, 0) is 17.8 Å². The Morgan fingerprint density at radius 3 is 2.60 bits per heavy atom. The fraction of sp³-hybridized carbons (Fsp3) is 0.250. The minimum atomic E-state index is 0.106.